The predicted octanol–water partition coefficient (Wildman–Crippen LogP) is 2.27. The molecule has 12 heavy (non-hydrogen) atoms. The lowest BCUT2D eigenvalue weighted by molar-refractivity contribution is 0.112. The van der Waals surface area contributed by atoms with Gasteiger partial charge in [-0.25, -0.2) is 0 Å². The van der Waals surface area contributed by atoms with Gasteiger partial charge in [-0.05, 0) is 12.1 Å². The van der Waals surface area contributed by atoms with Gasteiger partial charge in [0.05, 0.1) is 12.2 Å². The Hall–Kier alpha value is -0.830. The van der Waals surface area contributed by atoms with E-state index in [1.54, 1.807) is 12.1 Å². The van der Waals surface area contributed by atoms with Gasteiger partial charge in [0.15, 0.2) is 6.29 Å². The standard InChI is InChI=1S/C9H9BrO2/c10-5-6-12-9-4-2-1-3-8(9)7-11/h1-4,7H,5-6H2. The quantitative estimate of drug-likeness (QED) is 0.584. The summed E-state index contributed by atoms with van der Waals surface area (Å²) in [5, 5.41) is 0.764. The third-order valence-electron chi connectivity index (χ3n) is 1.38. The van der Waals surface area contributed by atoms with Gasteiger partial charge in [-0.1, -0.05) is 28.1 Å². The van der Waals surface area contributed by atoms with Gasteiger partial charge in [0.2, 0.25) is 0 Å². The number of halogens is 1. The van der Waals surface area contributed by atoms with Crippen molar-refractivity contribution in [3.05, 3.63) is 29.8 Å². The fraction of sp³-hybridized carbons (Fsp3) is 0.222. The second kappa shape index (κ2) is 4.93. The van der Waals surface area contributed by atoms with E-state index in [2.05, 4.69) is 15.9 Å². The topological polar surface area (TPSA) is 26.3 Å². The van der Waals surface area contributed by atoms with Crippen LogP contribution in [0.3, 0.4) is 0 Å². The normalized spacial score (nSPS) is 9.42. The van der Waals surface area contributed by atoms with Crippen LogP contribution in [0.15, 0.2) is 24.3 Å². The van der Waals surface area contributed by atoms with Gasteiger partial charge < -0.3 is 4.74 Å². The summed E-state index contributed by atoms with van der Waals surface area (Å²) in [7, 11) is 0. The van der Waals surface area contributed by atoms with Crippen molar-refractivity contribution in [3.8, 4) is 5.75 Å². The predicted molar refractivity (Wildman–Crippen MR) is 51.1 cm³/mol. The van der Waals surface area contributed by atoms with Gasteiger partial charge in [0, 0.05) is 5.33 Å². The van der Waals surface area contributed by atoms with Crippen molar-refractivity contribution in [2.75, 3.05) is 11.9 Å². The number of rotatable bonds is 4. The molecule has 0 aromatic heterocycles. The minimum atomic E-state index is 0.574. The van der Waals surface area contributed by atoms with Crippen molar-refractivity contribution in [2.24, 2.45) is 0 Å². The Morgan fingerprint density at radius 1 is 1.42 bits per heavy atom. The van der Waals surface area contributed by atoms with E-state index < -0.39 is 0 Å². The number of para-hydroxylation sites is 1. The van der Waals surface area contributed by atoms with Crippen molar-refractivity contribution in [2.45, 2.75) is 0 Å². The molecule has 0 saturated carbocycles. The Bertz CT molecular complexity index is 260. The molecule has 64 valence electrons. The van der Waals surface area contributed by atoms with Crippen LogP contribution in [0.4, 0.5) is 0 Å². The SMILES string of the molecule is O=Cc1ccccc1OCCBr. The monoisotopic (exact) mass is 228 g/mol. The Labute approximate surface area is 79.7 Å². The number of ether oxygens (including phenoxy) is 1. The average Bonchev–Trinajstić information content (AvgIpc) is 2.15. The van der Waals surface area contributed by atoms with Crippen LogP contribution < -0.4 is 4.74 Å². The first kappa shape index (κ1) is 9.26. The summed E-state index contributed by atoms with van der Waals surface area (Å²) in [5.74, 6) is 0.645. The van der Waals surface area contributed by atoms with Crippen LogP contribution in [0.2, 0.25) is 0 Å². The van der Waals surface area contributed by atoms with Crippen LogP contribution in [0.5, 0.6) is 5.75 Å². The zero-order chi connectivity index (χ0) is 8.81. The highest BCUT2D eigenvalue weighted by Crippen LogP contribution is 2.15. The summed E-state index contributed by atoms with van der Waals surface area (Å²) in [6.07, 6.45) is 0.795. The molecule has 0 amide bonds. The van der Waals surface area contributed by atoms with Crippen molar-refractivity contribution >= 4 is 22.2 Å². The average molecular weight is 229 g/mol. The van der Waals surface area contributed by atoms with E-state index in [1.807, 2.05) is 12.1 Å². The molecule has 0 aliphatic carbocycles. The highest BCUT2D eigenvalue weighted by atomic mass is 79.9. The molecule has 0 unspecified atom stereocenters. The summed E-state index contributed by atoms with van der Waals surface area (Å²) in [6, 6.07) is 7.17. The Morgan fingerprint density at radius 3 is 2.83 bits per heavy atom. The Kier molecular flexibility index (Phi) is 3.80. The van der Waals surface area contributed by atoms with Gasteiger partial charge in [-0.15, -0.1) is 0 Å². The first-order valence-corrected chi connectivity index (χ1v) is 4.73. The number of benzene rings is 1. The van der Waals surface area contributed by atoms with E-state index in [1.165, 1.54) is 0 Å². The second-order valence-corrected chi connectivity index (χ2v) is 2.99. The lowest BCUT2D eigenvalue weighted by Gasteiger charge is -2.05. The lowest BCUT2D eigenvalue weighted by atomic mass is 10.2. The molecule has 2 nitrogen and oxygen atoms in total. The number of hydrogen-bond donors (Lipinski definition) is 0. The van der Waals surface area contributed by atoms with Gasteiger partial charge in [0.25, 0.3) is 0 Å². The molecule has 0 atom stereocenters. The second-order valence-electron chi connectivity index (χ2n) is 2.19. The molecule has 1 aromatic carbocycles. The van der Waals surface area contributed by atoms with Gasteiger partial charge in [-0.3, -0.25) is 4.79 Å². The molecule has 0 aliphatic rings. The fourth-order valence-electron chi connectivity index (χ4n) is 0.858. The largest absolute Gasteiger partial charge is 0.492 e. The van der Waals surface area contributed by atoms with Gasteiger partial charge >= 0.3 is 0 Å². The minimum absolute atomic E-state index is 0.574. The third kappa shape index (κ3) is 2.34. The lowest BCUT2D eigenvalue weighted by Crippen LogP contribution is -1.99. The van der Waals surface area contributed by atoms with Crippen LogP contribution in [-0.4, -0.2) is 18.2 Å². The summed E-state index contributed by atoms with van der Waals surface area (Å²) in [6.45, 7) is 0.574. The maximum atomic E-state index is 10.5. The molecule has 0 saturated heterocycles. The highest BCUT2D eigenvalue weighted by molar-refractivity contribution is 9.09. The third-order valence-corrected chi connectivity index (χ3v) is 1.70. The molecule has 1 aromatic rings. The molecule has 0 aliphatic heterocycles. The van der Waals surface area contributed by atoms with Gasteiger partial charge in [-0.2, -0.15) is 0 Å². The van der Waals surface area contributed by atoms with Gasteiger partial charge in [0.1, 0.15) is 5.75 Å². The smallest absolute Gasteiger partial charge is 0.153 e. The maximum Gasteiger partial charge on any atom is 0.153 e. The zero-order valence-corrected chi connectivity index (χ0v) is 8.08. The van der Waals surface area contributed by atoms with E-state index in [4.69, 9.17) is 4.74 Å². The van der Waals surface area contributed by atoms with Crippen molar-refractivity contribution in [1.82, 2.24) is 0 Å². The molecule has 0 N–H and O–H groups in total. The number of aldehydes is 1. The van der Waals surface area contributed by atoms with Crippen LogP contribution in [0.25, 0.3) is 0 Å². The maximum absolute atomic E-state index is 10.5. The Morgan fingerprint density at radius 2 is 2.17 bits per heavy atom. The van der Waals surface area contributed by atoms with Crippen LogP contribution in [0, 0.1) is 0 Å². The number of alkyl halides is 1. The molecule has 0 spiro atoms. The molecular weight excluding hydrogens is 220 g/mol. The van der Waals surface area contributed by atoms with Crippen molar-refractivity contribution in [1.29, 1.82) is 0 Å². The summed E-state index contributed by atoms with van der Waals surface area (Å²) >= 11 is 3.24. The number of hydrogen-bond acceptors (Lipinski definition) is 2. The minimum Gasteiger partial charge on any atom is -0.492 e. The molecular formula is C9H9BrO2. The van der Waals surface area contributed by atoms with Crippen LogP contribution in [0.1, 0.15) is 10.4 Å². The van der Waals surface area contributed by atoms with E-state index in [0.717, 1.165) is 11.6 Å². The van der Waals surface area contributed by atoms with E-state index in [0.29, 0.717) is 17.9 Å². The molecule has 0 fully saturated rings. The van der Waals surface area contributed by atoms with E-state index in [-0.39, 0.29) is 0 Å². The van der Waals surface area contributed by atoms with E-state index in [9.17, 15) is 4.79 Å². The number of carbonyl (C=O) groups is 1. The van der Waals surface area contributed by atoms with Crippen molar-refractivity contribution in [3.63, 3.8) is 0 Å². The molecule has 1 rings (SSSR count). The fourth-order valence-corrected chi connectivity index (χ4v) is 1.02. The highest BCUT2D eigenvalue weighted by Gasteiger charge is 1.99. The molecule has 3 heteroatoms. The van der Waals surface area contributed by atoms with E-state index >= 15 is 0 Å². The molecule has 0 radical (unpaired) electrons. The molecule has 0 bridgehead atoms. The Balaban J connectivity index is 2.75. The summed E-state index contributed by atoms with van der Waals surface area (Å²) < 4.78 is 5.30. The molecule has 0 heterocycles. The summed E-state index contributed by atoms with van der Waals surface area (Å²) in [5.41, 5.74) is 0.596. The summed E-state index contributed by atoms with van der Waals surface area (Å²) in [4.78, 5) is 10.5. The van der Waals surface area contributed by atoms with Crippen LogP contribution in [-0.2, 0) is 0 Å². The zero-order valence-electron chi connectivity index (χ0n) is 6.50. The first-order valence-electron chi connectivity index (χ1n) is 3.61. The number of carbonyl (C=O) groups excluding carboxylic acids is 1. The van der Waals surface area contributed by atoms with Crippen LogP contribution >= 0.6 is 15.9 Å². The first-order chi connectivity index (χ1) is 5.88. The van der Waals surface area contributed by atoms with Crippen molar-refractivity contribution < 1.29 is 9.53 Å².